The zero-order valence-corrected chi connectivity index (χ0v) is 15.5. The molecule has 142 valence electrons. The highest BCUT2D eigenvalue weighted by atomic mass is 19.2. The van der Waals surface area contributed by atoms with Gasteiger partial charge in [-0.3, -0.25) is 0 Å². The quantitative estimate of drug-likeness (QED) is 0.365. The second-order valence-corrected chi connectivity index (χ2v) is 6.47. The zero-order chi connectivity index (χ0) is 20.4. The summed E-state index contributed by atoms with van der Waals surface area (Å²) in [4.78, 5) is 0. The van der Waals surface area contributed by atoms with Crippen molar-refractivity contribution in [1.82, 2.24) is 0 Å². The van der Waals surface area contributed by atoms with Crippen LogP contribution >= 0.6 is 0 Å². The minimum atomic E-state index is -0.893. The van der Waals surface area contributed by atoms with Crippen molar-refractivity contribution in [2.75, 3.05) is 7.11 Å². The van der Waals surface area contributed by atoms with Gasteiger partial charge in [0.2, 0.25) is 0 Å². The SMILES string of the molecule is COc1ccc(-c2ccc(C#Cc3ccc4c(F)c(F)ccc4c3)c(F)c2)cc1. The summed E-state index contributed by atoms with van der Waals surface area (Å²) >= 11 is 0. The molecule has 0 saturated heterocycles. The summed E-state index contributed by atoms with van der Waals surface area (Å²) in [7, 11) is 1.59. The number of hydrogen-bond donors (Lipinski definition) is 0. The fourth-order valence-corrected chi connectivity index (χ4v) is 3.06. The van der Waals surface area contributed by atoms with Gasteiger partial charge in [0.05, 0.1) is 12.7 Å². The van der Waals surface area contributed by atoms with Crippen LogP contribution in [0.3, 0.4) is 0 Å². The van der Waals surface area contributed by atoms with Gasteiger partial charge in [-0.2, -0.15) is 0 Å². The van der Waals surface area contributed by atoms with Crippen LogP contribution in [-0.2, 0) is 0 Å². The van der Waals surface area contributed by atoms with E-state index in [1.165, 1.54) is 18.2 Å². The predicted octanol–water partition coefficient (Wildman–Crippen LogP) is 6.33. The normalized spacial score (nSPS) is 10.5. The minimum absolute atomic E-state index is 0.186. The largest absolute Gasteiger partial charge is 0.497 e. The lowest BCUT2D eigenvalue weighted by atomic mass is 10.0. The molecule has 0 amide bonds. The summed E-state index contributed by atoms with van der Waals surface area (Å²) < 4.78 is 46.7. The monoisotopic (exact) mass is 388 g/mol. The Bertz CT molecular complexity index is 1270. The van der Waals surface area contributed by atoms with Gasteiger partial charge in [0, 0.05) is 10.9 Å². The highest BCUT2D eigenvalue weighted by Gasteiger charge is 2.07. The Morgan fingerprint density at radius 1 is 0.690 bits per heavy atom. The molecule has 0 spiro atoms. The number of benzene rings is 4. The van der Waals surface area contributed by atoms with E-state index in [0.717, 1.165) is 22.9 Å². The molecule has 4 heteroatoms. The number of methoxy groups -OCH3 is 1. The Labute approximate surface area is 166 Å². The van der Waals surface area contributed by atoms with Crippen LogP contribution < -0.4 is 4.74 Å². The molecule has 0 radical (unpaired) electrons. The summed E-state index contributed by atoms with van der Waals surface area (Å²) in [5.41, 5.74) is 2.45. The van der Waals surface area contributed by atoms with E-state index < -0.39 is 17.5 Å². The lowest BCUT2D eigenvalue weighted by Gasteiger charge is -2.05. The van der Waals surface area contributed by atoms with Crippen LogP contribution in [0.25, 0.3) is 21.9 Å². The van der Waals surface area contributed by atoms with Gasteiger partial charge in [-0.05, 0) is 59.0 Å². The Hall–Kier alpha value is -3.71. The maximum absolute atomic E-state index is 14.5. The van der Waals surface area contributed by atoms with Gasteiger partial charge in [0.25, 0.3) is 0 Å². The molecule has 0 aliphatic carbocycles. The molecule has 0 atom stereocenters. The van der Waals surface area contributed by atoms with Crippen molar-refractivity contribution in [3.05, 3.63) is 101 Å². The summed E-state index contributed by atoms with van der Waals surface area (Å²) in [5, 5.41) is 0.719. The van der Waals surface area contributed by atoms with E-state index >= 15 is 0 Å². The van der Waals surface area contributed by atoms with Crippen molar-refractivity contribution in [3.63, 3.8) is 0 Å². The third-order valence-corrected chi connectivity index (χ3v) is 4.64. The Morgan fingerprint density at radius 3 is 2.17 bits per heavy atom. The summed E-state index contributed by atoms with van der Waals surface area (Å²) in [6, 6.07) is 19.5. The lowest BCUT2D eigenvalue weighted by molar-refractivity contribution is 0.415. The van der Waals surface area contributed by atoms with Crippen molar-refractivity contribution in [1.29, 1.82) is 0 Å². The van der Waals surface area contributed by atoms with Crippen molar-refractivity contribution < 1.29 is 17.9 Å². The average molecular weight is 388 g/mol. The van der Waals surface area contributed by atoms with Crippen LogP contribution in [0.2, 0.25) is 0 Å². The molecular weight excluding hydrogens is 373 g/mol. The standard InChI is InChI=1S/C25H15F3O/c1-29-21-10-7-17(8-11-21)19-6-5-18(24(27)15-19)4-2-16-3-12-22-20(14-16)9-13-23(26)25(22)28/h3,5-15H,1H3. The van der Waals surface area contributed by atoms with E-state index in [-0.39, 0.29) is 10.9 Å². The molecule has 0 saturated carbocycles. The Kier molecular flexibility index (Phi) is 4.97. The molecule has 29 heavy (non-hydrogen) atoms. The van der Waals surface area contributed by atoms with Crippen LogP contribution in [0.4, 0.5) is 13.2 Å². The predicted molar refractivity (Wildman–Crippen MR) is 108 cm³/mol. The molecule has 0 unspecified atom stereocenters. The summed E-state index contributed by atoms with van der Waals surface area (Å²) in [6.45, 7) is 0. The molecule has 0 aromatic heterocycles. The van der Waals surface area contributed by atoms with E-state index in [4.69, 9.17) is 4.74 Å². The number of hydrogen-bond acceptors (Lipinski definition) is 1. The Balaban J connectivity index is 1.62. The first-order chi connectivity index (χ1) is 14.0. The van der Waals surface area contributed by atoms with Crippen LogP contribution in [-0.4, -0.2) is 7.11 Å². The zero-order valence-electron chi connectivity index (χ0n) is 15.5. The highest BCUT2D eigenvalue weighted by Crippen LogP contribution is 2.25. The number of rotatable bonds is 2. The molecule has 0 fully saturated rings. The molecule has 0 aliphatic rings. The van der Waals surface area contributed by atoms with Gasteiger partial charge in [-0.1, -0.05) is 42.2 Å². The van der Waals surface area contributed by atoms with Crippen molar-refractivity contribution in [3.8, 4) is 28.7 Å². The van der Waals surface area contributed by atoms with Crippen LogP contribution in [0, 0.1) is 29.3 Å². The van der Waals surface area contributed by atoms with Gasteiger partial charge >= 0.3 is 0 Å². The van der Waals surface area contributed by atoms with E-state index in [9.17, 15) is 13.2 Å². The average Bonchev–Trinajstić information content (AvgIpc) is 2.75. The number of fused-ring (bicyclic) bond motifs is 1. The molecule has 0 heterocycles. The smallest absolute Gasteiger partial charge is 0.166 e. The maximum atomic E-state index is 14.5. The van der Waals surface area contributed by atoms with Crippen LogP contribution in [0.1, 0.15) is 11.1 Å². The van der Waals surface area contributed by atoms with Gasteiger partial charge in [-0.15, -0.1) is 0 Å². The summed E-state index contributed by atoms with van der Waals surface area (Å²) in [5.74, 6) is 4.20. The van der Waals surface area contributed by atoms with Gasteiger partial charge in [0.15, 0.2) is 11.6 Å². The van der Waals surface area contributed by atoms with E-state index in [1.54, 1.807) is 31.4 Å². The molecule has 4 aromatic rings. The molecule has 0 aliphatic heterocycles. The van der Waals surface area contributed by atoms with Gasteiger partial charge < -0.3 is 4.74 Å². The number of halogens is 3. The molecule has 1 nitrogen and oxygen atoms in total. The fraction of sp³-hybridized carbons (Fsp3) is 0.0400. The first-order valence-electron chi connectivity index (χ1n) is 8.89. The van der Waals surface area contributed by atoms with Crippen molar-refractivity contribution in [2.24, 2.45) is 0 Å². The second kappa shape index (κ2) is 7.73. The molecular formula is C25H15F3O. The third-order valence-electron chi connectivity index (χ3n) is 4.64. The van der Waals surface area contributed by atoms with Crippen molar-refractivity contribution in [2.45, 2.75) is 0 Å². The van der Waals surface area contributed by atoms with Gasteiger partial charge in [0.1, 0.15) is 11.6 Å². The minimum Gasteiger partial charge on any atom is -0.497 e. The molecule has 4 aromatic carbocycles. The topological polar surface area (TPSA) is 9.23 Å². The fourth-order valence-electron chi connectivity index (χ4n) is 3.06. The molecule has 0 N–H and O–H groups in total. The van der Waals surface area contributed by atoms with E-state index in [1.807, 2.05) is 24.3 Å². The first kappa shape index (κ1) is 18.6. The second-order valence-electron chi connectivity index (χ2n) is 6.47. The van der Waals surface area contributed by atoms with Crippen LogP contribution in [0.5, 0.6) is 5.75 Å². The first-order valence-corrected chi connectivity index (χ1v) is 8.89. The van der Waals surface area contributed by atoms with Gasteiger partial charge in [-0.25, -0.2) is 13.2 Å². The lowest BCUT2D eigenvalue weighted by Crippen LogP contribution is -1.88. The van der Waals surface area contributed by atoms with Crippen molar-refractivity contribution >= 4 is 10.8 Å². The van der Waals surface area contributed by atoms with E-state index in [0.29, 0.717) is 10.9 Å². The third kappa shape index (κ3) is 3.81. The van der Waals surface area contributed by atoms with E-state index in [2.05, 4.69) is 11.8 Å². The number of ether oxygens (including phenoxy) is 1. The maximum Gasteiger partial charge on any atom is 0.166 e. The molecule has 4 rings (SSSR count). The Morgan fingerprint density at radius 2 is 1.45 bits per heavy atom. The molecule has 0 bridgehead atoms. The summed E-state index contributed by atoms with van der Waals surface area (Å²) in [6.07, 6.45) is 0. The highest BCUT2D eigenvalue weighted by molar-refractivity contribution is 5.84. The van der Waals surface area contributed by atoms with Crippen LogP contribution in [0.15, 0.2) is 72.8 Å².